The van der Waals surface area contributed by atoms with E-state index >= 15 is 0 Å². The summed E-state index contributed by atoms with van der Waals surface area (Å²) in [6.45, 7) is 3.16. The smallest absolute Gasteiger partial charge is 0.237 e. The van der Waals surface area contributed by atoms with Crippen molar-refractivity contribution in [2.24, 2.45) is 0 Å². The highest BCUT2D eigenvalue weighted by Gasteiger charge is 2.18. The van der Waals surface area contributed by atoms with Crippen LogP contribution >= 0.6 is 0 Å². The lowest BCUT2D eigenvalue weighted by atomic mass is 10.1. The monoisotopic (exact) mass is 234 g/mol. The topological polar surface area (TPSA) is 56.0 Å². The molecule has 4 nitrogen and oxygen atoms in total. The Bertz CT molecular complexity index is 534. The summed E-state index contributed by atoms with van der Waals surface area (Å²) in [4.78, 5) is 15.3. The second kappa shape index (κ2) is 4.45. The van der Waals surface area contributed by atoms with E-state index in [2.05, 4.69) is 10.1 Å². The summed E-state index contributed by atoms with van der Waals surface area (Å²) in [5.74, 6) is -0.157. The number of nitrogens with zero attached hydrogens (tertiary/aromatic N) is 2. The normalized spacial score (nSPS) is 12.4. The Hall–Kier alpha value is -2.04. The molecule has 0 aliphatic rings. The van der Waals surface area contributed by atoms with E-state index in [1.54, 1.807) is 19.1 Å². The first kappa shape index (κ1) is 11.4. The van der Waals surface area contributed by atoms with Gasteiger partial charge in [-0.1, -0.05) is 5.16 Å². The van der Waals surface area contributed by atoms with Crippen LogP contribution in [0.3, 0.4) is 0 Å². The fourth-order valence-electron chi connectivity index (χ4n) is 1.30. The van der Waals surface area contributed by atoms with Crippen LogP contribution in [-0.2, 0) is 4.79 Å². The molecule has 0 radical (unpaired) electrons. The molecule has 1 unspecified atom stereocenters. The largest absolute Gasteiger partial charge is 0.338 e. The van der Waals surface area contributed by atoms with Gasteiger partial charge in [-0.15, -0.1) is 0 Å². The minimum atomic E-state index is -0.420. The van der Waals surface area contributed by atoms with Crippen molar-refractivity contribution in [3.63, 3.8) is 0 Å². The molecule has 0 N–H and O–H groups in total. The standard InChI is InChI=1S/C12H11FN2O2/c1-7(8(2)16)12-14-11(15-17-12)9-3-5-10(13)6-4-9/h3-7H,1-2H3. The summed E-state index contributed by atoms with van der Waals surface area (Å²) < 4.78 is 17.7. The number of carbonyl (C=O) groups excluding carboxylic acids is 1. The van der Waals surface area contributed by atoms with Crippen LogP contribution in [0.1, 0.15) is 25.7 Å². The molecule has 1 heterocycles. The van der Waals surface area contributed by atoms with E-state index in [1.165, 1.54) is 19.1 Å². The maximum Gasteiger partial charge on any atom is 0.237 e. The Morgan fingerprint density at radius 2 is 2.00 bits per heavy atom. The van der Waals surface area contributed by atoms with Gasteiger partial charge in [0.25, 0.3) is 0 Å². The zero-order valence-electron chi connectivity index (χ0n) is 9.48. The fourth-order valence-corrected chi connectivity index (χ4v) is 1.30. The molecule has 0 saturated carbocycles. The number of carbonyl (C=O) groups is 1. The van der Waals surface area contributed by atoms with Crippen LogP contribution in [0.5, 0.6) is 0 Å². The number of halogens is 1. The molecule has 5 heteroatoms. The van der Waals surface area contributed by atoms with Crippen LogP contribution < -0.4 is 0 Å². The van der Waals surface area contributed by atoms with Crippen LogP contribution in [0.25, 0.3) is 11.4 Å². The van der Waals surface area contributed by atoms with E-state index in [9.17, 15) is 9.18 Å². The second-order valence-electron chi connectivity index (χ2n) is 3.80. The molecular formula is C12H11FN2O2. The number of aromatic nitrogens is 2. The molecule has 0 fully saturated rings. The van der Waals surface area contributed by atoms with Crippen LogP contribution in [0.4, 0.5) is 4.39 Å². The number of rotatable bonds is 3. The zero-order chi connectivity index (χ0) is 12.4. The molecule has 0 aliphatic heterocycles. The van der Waals surface area contributed by atoms with Gasteiger partial charge in [-0.25, -0.2) is 4.39 Å². The predicted octanol–water partition coefficient (Wildman–Crippen LogP) is 2.57. The summed E-state index contributed by atoms with van der Waals surface area (Å²) in [5, 5.41) is 3.76. The molecule has 0 saturated heterocycles. The van der Waals surface area contributed by atoms with E-state index in [0.717, 1.165) is 0 Å². The number of hydrogen-bond acceptors (Lipinski definition) is 4. The molecule has 2 aromatic rings. The molecule has 0 aliphatic carbocycles. The number of Topliss-reactive ketones (excluding diaryl/α,β-unsaturated/α-hetero) is 1. The van der Waals surface area contributed by atoms with Gasteiger partial charge in [0.2, 0.25) is 11.7 Å². The first-order valence-corrected chi connectivity index (χ1v) is 5.18. The van der Waals surface area contributed by atoms with Gasteiger partial charge in [0.05, 0.1) is 5.92 Å². The van der Waals surface area contributed by atoms with Crippen molar-refractivity contribution < 1.29 is 13.7 Å². The summed E-state index contributed by atoms with van der Waals surface area (Å²) in [6, 6.07) is 5.75. The number of benzene rings is 1. The quantitative estimate of drug-likeness (QED) is 0.819. The molecule has 1 aromatic carbocycles. The van der Waals surface area contributed by atoms with Crippen LogP contribution in [0.2, 0.25) is 0 Å². The van der Waals surface area contributed by atoms with Crippen LogP contribution in [0.15, 0.2) is 28.8 Å². The van der Waals surface area contributed by atoms with Crippen molar-refractivity contribution in [2.75, 3.05) is 0 Å². The first-order valence-electron chi connectivity index (χ1n) is 5.18. The van der Waals surface area contributed by atoms with Crippen molar-refractivity contribution in [1.82, 2.24) is 10.1 Å². The van der Waals surface area contributed by atoms with Crippen LogP contribution in [-0.4, -0.2) is 15.9 Å². The maximum absolute atomic E-state index is 12.7. The van der Waals surface area contributed by atoms with Gasteiger partial charge in [-0.05, 0) is 38.1 Å². The van der Waals surface area contributed by atoms with Crippen molar-refractivity contribution in [3.05, 3.63) is 36.0 Å². The van der Waals surface area contributed by atoms with E-state index < -0.39 is 5.92 Å². The first-order chi connectivity index (χ1) is 8.08. The average molecular weight is 234 g/mol. The van der Waals surface area contributed by atoms with Crippen molar-refractivity contribution in [2.45, 2.75) is 19.8 Å². The lowest BCUT2D eigenvalue weighted by Gasteiger charge is -1.98. The molecule has 0 bridgehead atoms. The molecule has 1 atom stereocenters. The average Bonchev–Trinajstić information content (AvgIpc) is 2.78. The van der Waals surface area contributed by atoms with Gasteiger partial charge in [0, 0.05) is 5.56 Å². The highest BCUT2D eigenvalue weighted by molar-refractivity contribution is 5.81. The Labute approximate surface area is 97.5 Å². The van der Waals surface area contributed by atoms with Gasteiger partial charge in [0.1, 0.15) is 11.6 Å². The zero-order valence-corrected chi connectivity index (χ0v) is 9.48. The van der Waals surface area contributed by atoms with Gasteiger partial charge in [0.15, 0.2) is 0 Å². The Balaban J connectivity index is 2.29. The third-order valence-corrected chi connectivity index (χ3v) is 2.52. The van der Waals surface area contributed by atoms with Crippen molar-refractivity contribution in [3.8, 4) is 11.4 Å². The minimum Gasteiger partial charge on any atom is -0.338 e. The summed E-state index contributed by atoms with van der Waals surface area (Å²) in [6.07, 6.45) is 0. The SMILES string of the molecule is CC(=O)C(C)c1nc(-c2ccc(F)cc2)no1. The van der Waals surface area contributed by atoms with Gasteiger partial charge in [-0.2, -0.15) is 4.98 Å². The van der Waals surface area contributed by atoms with Crippen molar-refractivity contribution >= 4 is 5.78 Å². The lowest BCUT2D eigenvalue weighted by molar-refractivity contribution is -0.118. The van der Waals surface area contributed by atoms with Crippen LogP contribution in [0, 0.1) is 5.82 Å². The Kier molecular flexibility index (Phi) is 2.99. The van der Waals surface area contributed by atoms with E-state index in [1.807, 2.05) is 0 Å². The van der Waals surface area contributed by atoms with Crippen molar-refractivity contribution in [1.29, 1.82) is 0 Å². The number of hydrogen-bond donors (Lipinski definition) is 0. The minimum absolute atomic E-state index is 0.0423. The highest BCUT2D eigenvalue weighted by atomic mass is 19.1. The summed E-state index contributed by atoms with van der Waals surface area (Å²) in [5.41, 5.74) is 0.650. The maximum atomic E-state index is 12.7. The molecule has 88 valence electrons. The number of ketones is 1. The Morgan fingerprint density at radius 1 is 1.35 bits per heavy atom. The molecule has 17 heavy (non-hydrogen) atoms. The molecule has 0 spiro atoms. The van der Waals surface area contributed by atoms with Gasteiger partial charge >= 0.3 is 0 Å². The molecule has 1 aromatic heterocycles. The van der Waals surface area contributed by atoms with Gasteiger partial charge in [-0.3, -0.25) is 4.79 Å². The summed E-state index contributed by atoms with van der Waals surface area (Å²) >= 11 is 0. The fraction of sp³-hybridized carbons (Fsp3) is 0.250. The van der Waals surface area contributed by atoms with E-state index in [0.29, 0.717) is 11.4 Å². The molecular weight excluding hydrogens is 223 g/mol. The summed E-state index contributed by atoms with van der Waals surface area (Å²) in [7, 11) is 0. The lowest BCUT2D eigenvalue weighted by Crippen LogP contribution is -2.04. The third kappa shape index (κ3) is 2.38. The molecule has 2 rings (SSSR count). The third-order valence-electron chi connectivity index (χ3n) is 2.52. The van der Waals surface area contributed by atoms with E-state index in [-0.39, 0.29) is 17.5 Å². The molecule has 0 amide bonds. The van der Waals surface area contributed by atoms with Gasteiger partial charge < -0.3 is 4.52 Å². The second-order valence-corrected chi connectivity index (χ2v) is 3.80. The Morgan fingerprint density at radius 3 is 2.59 bits per heavy atom. The highest BCUT2D eigenvalue weighted by Crippen LogP contribution is 2.20. The van der Waals surface area contributed by atoms with E-state index in [4.69, 9.17) is 4.52 Å². The predicted molar refractivity (Wildman–Crippen MR) is 58.8 cm³/mol.